The van der Waals surface area contributed by atoms with Crippen molar-refractivity contribution in [3.05, 3.63) is 29.6 Å². The standard InChI is InChI=1S/C15H22FN/c1-12-7-6-10-14(16)15(12)17-11-13-8-4-2-3-5-9-13/h6-7,10,13,17H,2-5,8-9,11H2,1H3. The summed E-state index contributed by atoms with van der Waals surface area (Å²) in [5.41, 5.74) is 1.69. The quantitative estimate of drug-likeness (QED) is 0.760. The van der Waals surface area contributed by atoms with Gasteiger partial charge in [0.25, 0.3) is 0 Å². The molecule has 1 aliphatic carbocycles. The molecule has 0 unspecified atom stereocenters. The fourth-order valence-corrected chi connectivity index (χ4v) is 2.67. The molecule has 94 valence electrons. The van der Waals surface area contributed by atoms with Crippen LogP contribution in [-0.4, -0.2) is 6.54 Å². The van der Waals surface area contributed by atoms with Gasteiger partial charge < -0.3 is 5.32 Å². The second kappa shape index (κ2) is 6.04. The summed E-state index contributed by atoms with van der Waals surface area (Å²) >= 11 is 0. The minimum atomic E-state index is -0.126. The van der Waals surface area contributed by atoms with Crippen LogP contribution < -0.4 is 5.32 Å². The topological polar surface area (TPSA) is 12.0 Å². The highest BCUT2D eigenvalue weighted by molar-refractivity contribution is 5.51. The molecule has 1 aliphatic rings. The highest BCUT2D eigenvalue weighted by Gasteiger charge is 2.13. The van der Waals surface area contributed by atoms with Gasteiger partial charge in [0.1, 0.15) is 5.82 Å². The summed E-state index contributed by atoms with van der Waals surface area (Å²) in [4.78, 5) is 0. The smallest absolute Gasteiger partial charge is 0.146 e. The van der Waals surface area contributed by atoms with Crippen LogP contribution in [0, 0.1) is 18.7 Å². The van der Waals surface area contributed by atoms with Crippen molar-refractivity contribution >= 4 is 5.69 Å². The molecule has 1 nitrogen and oxygen atoms in total. The van der Waals surface area contributed by atoms with Crippen LogP contribution >= 0.6 is 0 Å². The van der Waals surface area contributed by atoms with E-state index in [4.69, 9.17) is 0 Å². The molecule has 1 N–H and O–H groups in total. The fraction of sp³-hybridized carbons (Fsp3) is 0.600. The molecule has 1 fully saturated rings. The maximum atomic E-state index is 13.6. The average Bonchev–Trinajstić information content (AvgIpc) is 2.57. The predicted molar refractivity (Wildman–Crippen MR) is 70.8 cm³/mol. The van der Waals surface area contributed by atoms with Crippen LogP contribution in [0.4, 0.5) is 10.1 Å². The van der Waals surface area contributed by atoms with Crippen molar-refractivity contribution in [1.29, 1.82) is 0 Å². The third-order valence-corrected chi connectivity index (χ3v) is 3.76. The number of rotatable bonds is 3. The molecule has 2 heteroatoms. The van der Waals surface area contributed by atoms with E-state index in [0.29, 0.717) is 5.69 Å². The number of halogens is 1. The first-order chi connectivity index (χ1) is 8.27. The Morgan fingerprint density at radius 2 is 1.88 bits per heavy atom. The van der Waals surface area contributed by atoms with Crippen LogP contribution in [0.15, 0.2) is 18.2 Å². The molecular formula is C15H22FN. The summed E-state index contributed by atoms with van der Waals surface area (Å²) in [5, 5.41) is 3.30. The maximum Gasteiger partial charge on any atom is 0.146 e. The van der Waals surface area contributed by atoms with Gasteiger partial charge in [0.15, 0.2) is 0 Å². The van der Waals surface area contributed by atoms with E-state index in [0.717, 1.165) is 18.0 Å². The molecule has 1 aromatic rings. The average molecular weight is 235 g/mol. The first kappa shape index (κ1) is 12.4. The van der Waals surface area contributed by atoms with Crippen molar-refractivity contribution in [3.8, 4) is 0 Å². The Bertz CT molecular complexity index is 334. The lowest BCUT2D eigenvalue weighted by Crippen LogP contribution is -2.15. The van der Waals surface area contributed by atoms with E-state index >= 15 is 0 Å². The number of nitrogens with one attached hydrogen (secondary N) is 1. The van der Waals surface area contributed by atoms with Gasteiger partial charge in [-0.1, -0.05) is 37.8 Å². The lowest BCUT2D eigenvalue weighted by atomic mass is 10.0. The normalized spacial score (nSPS) is 17.8. The van der Waals surface area contributed by atoms with E-state index in [1.54, 1.807) is 6.07 Å². The van der Waals surface area contributed by atoms with E-state index in [1.165, 1.54) is 44.6 Å². The molecule has 0 atom stereocenters. The zero-order chi connectivity index (χ0) is 12.1. The Kier molecular flexibility index (Phi) is 4.41. The number of aryl methyl sites for hydroxylation is 1. The molecule has 0 aromatic heterocycles. The first-order valence-electron chi connectivity index (χ1n) is 6.76. The maximum absolute atomic E-state index is 13.6. The van der Waals surface area contributed by atoms with Crippen molar-refractivity contribution < 1.29 is 4.39 Å². The van der Waals surface area contributed by atoms with E-state index < -0.39 is 0 Å². The summed E-state index contributed by atoms with van der Waals surface area (Å²) in [6.45, 7) is 2.88. The SMILES string of the molecule is Cc1cccc(F)c1NCC1CCCCCC1. The molecule has 0 radical (unpaired) electrons. The van der Waals surface area contributed by atoms with Crippen molar-refractivity contribution in [2.75, 3.05) is 11.9 Å². The Hall–Kier alpha value is -1.05. The molecule has 2 rings (SSSR count). The van der Waals surface area contributed by atoms with Gasteiger partial charge in [-0.3, -0.25) is 0 Å². The molecule has 17 heavy (non-hydrogen) atoms. The van der Waals surface area contributed by atoms with Gasteiger partial charge >= 0.3 is 0 Å². The fourth-order valence-electron chi connectivity index (χ4n) is 2.67. The van der Waals surface area contributed by atoms with Gasteiger partial charge in [-0.05, 0) is 37.3 Å². The summed E-state index contributed by atoms with van der Waals surface area (Å²) in [6.07, 6.45) is 8.00. The largest absolute Gasteiger partial charge is 0.382 e. The molecule has 1 saturated carbocycles. The van der Waals surface area contributed by atoms with Crippen LogP contribution in [0.5, 0.6) is 0 Å². The summed E-state index contributed by atoms with van der Waals surface area (Å²) in [7, 11) is 0. The molecule has 0 aliphatic heterocycles. The van der Waals surface area contributed by atoms with Crippen molar-refractivity contribution in [1.82, 2.24) is 0 Å². The third-order valence-electron chi connectivity index (χ3n) is 3.76. The number of benzene rings is 1. The molecular weight excluding hydrogens is 213 g/mol. The monoisotopic (exact) mass is 235 g/mol. The Morgan fingerprint density at radius 3 is 2.53 bits per heavy atom. The highest BCUT2D eigenvalue weighted by atomic mass is 19.1. The molecule has 0 saturated heterocycles. The minimum Gasteiger partial charge on any atom is -0.382 e. The summed E-state index contributed by atoms with van der Waals surface area (Å²) in [5.74, 6) is 0.593. The van der Waals surface area contributed by atoms with E-state index in [2.05, 4.69) is 5.32 Å². The Labute approximate surface area is 103 Å². The molecule has 1 aromatic carbocycles. The van der Waals surface area contributed by atoms with Crippen molar-refractivity contribution in [2.24, 2.45) is 5.92 Å². The molecule has 0 spiro atoms. The zero-order valence-corrected chi connectivity index (χ0v) is 10.6. The van der Waals surface area contributed by atoms with Crippen LogP contribution in [0.3, 0.4) is 0 Å². The van der Waals surface area contributed by atoms with Gasteiger partial charge in [-0.2, -0.15) is 0 Å². The molecule has 0 heterocycles. The molecule has 0 amide bonds. The summed E-state index contributed by atoms with van der Waals surface area (Å²) in [6, 6.07) is 5.25. The van der Waals surface area contributed by atoms with Gasteiger partial charge in [-0.25, -0.2) is 4.39 Å². The predicted octanol–water partition coefficient (Wildman–Crippen LogP) is 4.52. The lowest BCUT2D eigenvalue weighted by Gasteiger charge is -2.17. The summed E-state index contributed by atoms with van der Waals surface area (Å²) < 4.78 is 13.6. The van der Waals surface area contributed by atoms with Crippen LogP contribution in [0.1, 0.15) is 44.1 Å². The zero-order valence-electron chi connectivity index (χ0n) is 10.6. The van der Waals surface area contributed by atoms with E-state index in [9.17, 15) is 4.39 Å². The first-order valence-corrected chi connectivity index (χ1v) is 6.76. The molecule has 0 bridgehead atoms. The number of hydrogen-bond donors (Lipinski definition) is 1. The second-order valence-electron chi connectivity index (χ2n) is 5.17. The van der Waals surface area contributed by atoms with Gasteiger partial charge in [0.05, 0.1) is 5.69 Å². The van der Waals surface area contributed by atoms with Gasteiger partial charge in [0.2, 0.25) is 0 Å². The van der Waals surface area contributed by atoms with Crippen LogP contribution in [0.2, 0.25) is 0 Å². The second-order valence-corrected chi connectivity index (χ2v) is 5.17. The Morgan fingerprint density at radius 1 is 1.18 bits per heavy atom. The number of hydrogen-bond acceptors (Lipinski definition) is 1. The lowest BCUT2D eigenvalue weighted by molar-refractivity contribution is 0.482. The number of para-hydroxylation sites is 1. The van der Waals surface area contributed by atoms with E-state index in [1.807, 2.05) is 13.0 Å². The number of anilines is 1. The van der Waals surface area contributed by atoms with Crippen molar-refractivity contribution in [2.45, 2.75) is 45.4 Å². The van der Waals surface area contributed by atoms with Crippen LogP contribution in [-0.2, 0) is 0 Å². The Balaban J connectivity index is 1.92. The third kappa shape index (κ3) is 3.45. The van der Waals surface area contributed by atoms with Crippen LogP contribution in [0.25, 0.3) is 0 Å². The van der Waals surface area contributed by atoms with Gasteiger partial charge in [0, 0.05) is 6.54 Å². The van der Waals surface area contributed by atoms with Gasteiger partial charge in [-0.15, -0.1) is 0 Å². The highest BCUT2D eigenvalue weighted by Crippen LogP contribution is 2.25. The van der Waals surface area contributed by atoms with Crippen molar-refractivity contribution in [3.63, 3.8) is 0 Å². The minimum absolute atomic E-state index is 0.126. The van der Waals surface area contributed by atoms with E-state index in [-0.39, 0.29) is 5.82 Å².